The van der Waals surface area contributed by atoms with Crippen molar-refractivity contribution in [1.29, 1.82) is 0 Å². The third kappa shape index (κ3) is 6.00. The molecule has 11 aromatic rings. The van der Waals surface area contributed by atoms with E-state index in [2.05, 4.69) is 217 Å². The zero-order valence-electron chi connectivity index (χ0n) is 31.0. The summed E-state index contributed by atoms with van der Waals surface area (Å²) < 4.78 is 5.21. The molecular weight excluding hydrogens is 727 g/mol. The Labute approximate surface area is 340 Å². The van der Waals surface area contributed by atoms with E-state index in [4.69, 9.17) is 0 Å². The third-order valence-electron chi connectivity index (χ3n) is 11.1. The molecule has 0 fully saturated rings. The van der Waals surface area contributed by atoms with Crippen molar-refractivity contribution in [3.63, 3.8) is 0 Å². The quantitative estimate of drug-likeness (QED) is 0.156. The van der Waals surface area contributed by atoms with Gasteiger partial charge in [-0.3, -0.25) is 0 Å². The van der Waals surface area contributed by atoms with Crippen molar-refractivity contribution < 1.29 is 0 Å². The van der Waals surface area contributed by atoms with Crippen LogP contribution >= 0.6 is 22.7 Å². The normalized spacial score (nSPS) is 11.5. The van der Waals surface area contributed by atoms with E-state index < -0.39 is 0 Å². The van der Waals surface area contributed by atoms with Gasteiger partial charge in [0, 0.05) is 57.4 Å². The molecule has 2 aromatic heterocycles. The minimum absolute atomic E-state index is 1.10. The van der Waals surface area contributed by atoms with Crippen LogP contribution in [-0.4, -0.2) is 0 Å². The van der Waals surface area contributed by atoms with Gasteiger partial charge in [0.15, 0.2) is 0 Å². The van der Waals surface area contributed by atoms with Crippen molar-refractivity contribution in [3.05, 3.63) is 212 Å². The smallest absolute Gasteiger partial charge is 0.0476 e. The average Bonchev–Trinajstić information content (AvgIpc) is 3.86. The summed E-state index contributed by atoms with van der Waals surface area (Å²) in [5, 5.41) is 5.22. The fourth-order valence-electron chi connectivity index (χ4n) is 8.36. The van der Waals surface area contributed by atoms with Crippen LogP contribution in [0.5, 0.6) is 0 Å². The lowest BCUT2D eigenvalue weighted by Crippen LogP contribution is -2.10. The van der Waals surface area contributed by atoms with Crippen molar-refractivity contribution in [3.8, 4) is 44.5 Å². The van der Waals surface area contributed by atoms with Crippen LogP contribution in [0.1, 0.15) is 0 Å². The Kier molecular flexibility index (Phi) is 8.28. The molecule has 0 saturated carbocycles. The first-order valence-electron chi connectivity index (χ1n) is 19.3. The third-order valence-corrected chi connectivity index (χ3v) is 13.4. The highest BCUT2D eigenvalue weighted by Crippen LogP contribution is 2.46. The lowest BCUT2D eigenvalue weighted by Gasteiger charge is -2.27. The topological polar surface area (TPSA) is 3.24 Å². The Balaban J connectivity index is 1.12. The van der Waals surface area contributed by atoms with Gasteiger partial charge in [-0.1, -0.05) is 158 Å². The molecule has 0 aliphatic carbocycles. The van der Waals surface area contributed by atoms with Gasteiger partial charge in [-0.2, -0.15) is 0 Å². The van der Waals surface area contributed by atoms with Crippen LogP contribution in [0, 0.1) is 0 Å². The summed E-state index contributed by atoms with van der Waals surface area (Å²) in [5.74, 6) is 0. The maximum Gasteiger partial charge on any atom is 0.0476 e. The highest BCUT2D eigenvalue weighted by molar-refractivity contribution is 7.26. The highest BCUT2D eigenvalue weighted by atomic mass is 32.1. The van der Waals surface area contributed by atoms with Gasteiger partial charge in [0.25, 0.3) is 0 Å². The van der Waals surface area contributed by atoms with Crippen LogP contribution in [0.3, 0.4) is 0 Å². The second-order valence-corrected chi connectivity index (χ2v) is 16.6. The number of rotatable bonds is 7. The summed E-state index contributed by atoms with van der Waals surface area (Å²) in [7, 11) is 0. The zero-order chi connectivity index (χ0) is 37.7. The first-order chi connectivity index (χ1) is 28.2. The molecule has 57 heavy (non-hydrogen) atoms. The van der Waals surface area contributed by atoms with Gasteiger partial charge in [-0.05, 0) is 99.1 Å². The van der Waals surface area contributed by atoms with Crippen molar-refractivity contribution in [1.82, 2.24) is 0 Å². The molecule has 0 spiro atoms. The lowest BCUT2D eigenvalue weighted by atomic mass is 9.94. The predicted molar refractivity (Wildman–Crippen MR) is 249 cm³/mol. The van der Waals surface area contributed by atoms with E-state index in [0.717, 1.165) is 17.1 Å². The second kappa shape index (κ2) is 14.1. The Morgan fingerprint density at radius 3 is 1.53 bits per heavy atom. The monoisotopic (exact) mass is 761 g/mol. The predicted octanol–water partition coefficient (Wildman–Crippen LogP) is 16.6. The van der Waals surface area contributed by atoms with Crippen molar-refractivity contribution in [2.24, 2.45) is 0 Å². The number of nitrogens with zero attached hydrogens (tertiary/aromatic N) is 1. The average molecular weight is 762 g/mol. The standard InChI is InChI=1S/C54H35NS2/c1-3-14-36(15-4-1)39-32-40(46-22-13-23-50-48-21-10-12-25-52(48)57-54(46)50)34-43(33-39)55(42-30-31-49-47-20-9-11-24-51(47)56-53(49)35-42)41-28-26-38(27-29-41)45-19-8-7-18-44(45)37-16-5-2-6-17-37/h1-35H. The van der Waals surface area contributed by atoms with Gasteiger partial charge in [0.2, 0.25) is 0 Å². The Bertz CT molecular complexity index is 3230. The number of fused-ring (bicyclic) bond motifs is 6. The van der Waals surface area contributed by atoms with E-state index in [0.29, 0.717) is 0 Å². The van der Waals surface area contributed by atoms with Crippen LogP contribution in [-0.2, 0) is 0 Å². The molecule has 0 atom stereocenters. The summed E-state index contributed by atoms with van der Waals surface area (Å²) in [4.78, 5) is 2.44. The number of hydrogen-bond donors (Lipinski definition) is 0. The molecule has 11 rings (SSSR count). The molecule has 1 nitrogen and oxygen atoms in total. The largest absolute Gasteiger partial charge is 0.310 e. The molecule has 0 aliphatic heterocycles. The first-order valence-corrected chi connectivity index (χ1v) is 21.0. The molecule has 9 aromatic carbocycles. The molecule has 0 N–H and O–H groups in total. The molecule has 0 saturated heterocycles. The SMILES string of the molecule is c1ccc(-c2cc(-c3cccc4c3sc3ccccc34)cc(N(c3ccc(-c4ccccc4-c4ccccc4)cc3)c3ccc4c(c3)sc3ccccc34)c2)cc1. The second-order valence-electron chi connectivity index (χ2n) is 14.5. The Morgan fingerprint density at radius 2 is 0.789 bits per heavy atom. The van der Waals surface area contributed by atoms with E-state index in [1.807, 2.05) is 22.7 Å². The summed E-state index contributed by atoms with van der Waals surface area (Å²) in [5.41, 5.74) is 13.0. The zero-order valence-corrected chi connectivity index (χ0v) is 32.6. The van der Waals surface area contributed by atoms with Gasteiger partial charge in [0.05, 0.1) is 0 Å². The van der Waals surface area contributed by atoms with Gasteiger partial charge in [-0.25, -0.2) is 0 Å². The van der Waals surface area contributed by atoms with Crippen molar-refractivity contribution in [2.75, 3.05) is 4.90 Å². The Morgan fingerprint density at radius 1 is 0.263 bits per heavy atom. The first kappa shape index (κ1) is 33.5. The minimum atomic E-state index is 1.10. The maximum absolute atomic E-state index is 2.44. The van der Waals surface area contributed by atoms with Gasteiger partial charge in [-0.15, -0.1) is 22.7 Å². The number of anilines is 3. The number of benzene rings is 9. The van der Waals surface area contributed by atoms with Crippen LogP contribution in [0.25, 0.3) is 84.9 Å². The summed E-state index contributed by atoms with van der Waals surface area (Å²) in [6.45, 7) is 0. The summed E-state index contributed by atoms with van der Waals surface area (Å²) in [6, 6.07) is 77.7. The van der Waals surface area contributed by atoms with E-state index in [9.17, 15) is 0 Å². The summed E-state index contributed by atoms with van der Waals surface area (Å²) in [6.07, 6.45) is 0. The fourth-order valence-corrected chi connectivity index (χ4v) is 10.7. The molecule has 0 bridgehead atoms. The summed E-state index contributed by atoms with van der Waals surface area (Å²) >= 11 is 3.74. The van der Waals surface area contributed by atoms with Crippen LogP contribution < -0.4 is 4.90 Å². The molecule has 0 amide bonds. The fraction of sp³-hybridized carbons (Fsp3) is 0. The molecule has 0 unspecified atom stereocenters. The van der Waals surface area contributed by atoms with Crippen molar-refractivity contribution in [2.45, 2.75) is 0 Å². The minimum Gasteiger partial charge on any atom is -0.310 e. The molecule has 0 aliphatic rings. The molecule has 0 radical (unpaired) electrons. The van der Waals surface area contributed by atoms with Gasteiger partial charge in [0.1, 0.15) is 0 Å². The van der Waals surface area contributed by atoms with Crippen LogP contribution in [0.4, 0.5) is 17.1 Å². The lowest BCUT2D eigenvalue weighted by molar-refractivity contribution is 1.29. The van der Waals surface area contributed by atoms with E-state index >= 15 is 0 Å². The Hall–Kier alpha value is -6.78. The van der Waals surface area contributed by atoms with Gasteiger partial charge >= 0.3 is 0 Å². The molecular formula is C54H35NS2. The number of hydrogen-bond acceptors (Lipinski definition) is 3. The maximum atomic E-state index is 2.44. The molecule has 268 valence electrons. The highest BCUT2D eigenvalue weighted by Gasteiger charge is 2.19. The van der Waals surface area contributed by atoms with Gasteiger partial charge < -0.3 is 4.90 Å². The van der Waals surface area contributed by atoms with E-state index in [-0.39, 0.29) is 0 Å². The van der Waals surface area contributed by atoms with Crippen LogP contribution in [0.2, 0.25) is 0 Å². The molecule has 3 heteroatoms. The van der Waals surface area contributed by atoms with E-state index in [1.165, 1.54) is 84.9 Å². The van der Waals surface area contributed by atoms with Crippen LogP contribution in [0.15, 0.2) is 212 Å². The molecule has 2 heterocycles. The number of thiophene rings is 2. The van der Waals surface area contributed by atoms with E-state index in [1.54, 1.807) is 0 Å². The van der Waals surface area contributed by atoms with Crippen molar-refractivity contribution >= 4 is 80.1 Å².